The molecule has 3 heterocycles. The number of fused-ring (bicyclic) bond motifs is 3. The minimum atomic E-state index is 0.243. The number of anilines is 1. The number of hydrogen-bond acceptors (Lipinski definition) is 6. The summed E-state index contributed by atoms with van der Waals surface area (Å²) in [6.45, 7) is 3.82. The highest BCUT2D eigenvalue weighted by Gasteiger charge is 2.38. The summed E-state index contributed by atoms with van der Waals surface area (Å²) in [5, 5.41) is 12.4. The molecule has 0 amide bonds. The summed E-state index contributed by atoms with van der Waals surface area (Å²) in [7, 11) is 1.69. The molecule has 0 unspecified atom stereocenters. The Morgan fingerprint density at radius 1 is 1.17 bits per heavy atom. The van der Waals surface area contributed by atoms with Crippen LogP contribution in [-0.4, -0.2) is 39.3 Å². The van der Waals surface area contributed by atoms with Gasteiger partial charge in [-0.15, -0.1) is 10.2 Å². The molecule has 1 saturated carbocycles. The van der Waals surface area contributed by atoms with Crippen LogP contribution in [0.4, 0.5) is 5.82 Å². The Hall–Kier alpha value is -2.67. The van der Waals surface area contributed by atoms with Gasteiger partial charge in [-0.05, 0) is 36.5 Å². The maximum absolute atomic E-state index is 6.30. The molecular weight excluding hydrogens is 366 g/mol. The lowest BCUT2D eigenvalue weighted by Crippen LogP contribution is -2.11. The van der Waals surface area contributed by atoms with Crippen molar-refractivity contribution in [1.29, 1.82) is 0 Å². The molecule has 152 valence electrons. The third-order valence-electron chi connectivity index (χ3n) is 6.37. The molecule has 29 heavy (non-hydrogen) atoms. The van der Waals surface area contributed by atoms with E-state index in [0.717, 1.165) is 55.3 Å². The quantitative estimate of drug-likeness (QED) is 0.690. The predicted molar refractivity (Wildman–Crippen MR) is 110 cm³/mol. The number of nitrogens with one attached hydrogen (secondary N) is 1. The van der Waals surface area contributed by atoms with Crippen LogP contribution in [0.1, 0.15) is 49.2 Å². The Bertz CT molecular complexity index is 1000. The highest BCUT2D eigenvalue weighted by atomic mass is 16.5. The average Bonchev–Trinajstić information content (AvgIpc) is 3.48. The Morgan fingerprint density at radius 3 is 2.83 bits per heavy atom. The first-order chi connectivity index (χ1) is 14.3. The number of aromatic nitrogens is 4. The summed E-state index contributed by atoms with van der Waals surface area (Å²) < 4.78 is 13.8. The fourth-order valence-electron chi connectivity index (χ4n) is 4.80. The average molecular weight is 393 g/mol. The Balaban J connectivity index is 1.34. The second-order valence-electron chi connectivity index (χ2n) is 8.01. The molecule has 1 aliphatic carbocycles. The van der Waals surface area contributed by atoms with Crippen LogP contribution in [0.15, 0.2) is 30.5 Å². The van der Waals surface area contributed by atoms with Gasteiger partial charge in [0.2, 0.25) is 0 Å². The number of methoxy groups -OCH3 is 1. The van der Waals surface area contributed by atoms with Gasteiger partial charge in [-0.25, -0.2) is 4.98 Å². The molecule has 0 spiro atoms. The van der Waals surface area contributed by atoms with E-state index in [0.29, 0.717) is 18.4 Å². The van der Waals surface area contributed by atoms with E-state index >= 15 is 0 Å². The van der Waals surface area contributed by atoms with E-state index in [1.165, 1.54) is 11.3 Å². The van der Waals surface area contributed by atoms with Crippen LogP contribution in [0.3, 0.4) is 0 Å². The molecule has 2 aliphatic rings. The van der Waals surface area contributed by atoms with Crippen molar-refractivity contribution >= 4 is 11.5 Å². The van der Waals surface area contributed by atoms with Crippen LogP contribution in [0, 0.1) is 5.92 Å². The van der Waals surface area contributed by atoms with Crippen LogP contribution in [-0.2, 0) is 17.8 Å². The molecule has 1 N–H and O–H groups in total. The van der Waals surface area contributed by atoms with Gasteiger partial charge < -0.3 is 14.8 Å². The van der Waals surface area contributed by atoms with E-state index in [1.807, 2.05) is 18.3 Å². The normalized spacial score (nSPS) is 23.3. The Morgan fingerprint density at radius 2 is 2.03 bits per heavy atom. The Kier molecular flexibility index (Phi) is 4.83. The first-order valence-electron chi connectivity index (χ1n) is 10.5. The van der Waals surface area contributed by atoms with Crippen LogP contribution in [0.5, 0.6) is 5.75 Å². The third-order valence-corrected chi connectivity index (χ3v) is 6.37. The van der Waals surface area contributed by atoms with Gasteiger partial charge in [0.05, 0.1) is 31.7 Å². The molecule has 3 aromatic rings. The number of rotatable bonds is 6. The van der Waals surface area contributed by atoms with Crippen LogP contribution in [0.25, 0.3) is 5.65 Å². The van der Waals surface area contributed by atoms with Crippen LogP contribution >= 0.6 is 0 Å². The molecule has 0 saturated heterocycles. The zero-order chi connectivity index (χ0) is 19.8. The summed E-state index contributed by atoms with van der Waals surface area (Å²) >= 11 is 0. The van der Waals surface area contributed by atoms with Gasteiger partial charge in [0.15, 0.2) is 5.65 Å². The Labute approximate surface area is 170 Å². The molecule has 3 atom stereocenters. The second-order valence-corrected chi connectivity index (χ2v) is 8.01. The molecule has 5 rings (SSSR count). The molecule has 7 nitrogen and oxygen atoms in total. The van der Waals surface area contributed by atoms with Crippen molar-refractivity contribution in [3.63, 3.8) is 0 Å². The van der Waals surface area contributed by atoms with Crippen LogP contribution < -0.4 is 10.1 Å². The van der Waals surface area contributed by atoms with Gasteiger partial charge in [0.25, 0.3) is 0 Å². The lowest BCUT2D eigenvalue weighted by atomic mass is 9.93. The molecule has 2 aromatic heterocycles. The van der Waals surface area contributed by atoms with Crippen molar-refractivity contribution in [1.82, 2.24) is 19.6 Å². The zero-order valence-corrected chi connectivity index (χ0v) is 17.0. The highest BCUT2D eigenvalue weighted by Crippen LogP contribution is 2.43. The number of benzene rings is 1. The SMILES string of the molecule is CC[C@H]1C[C@@H](OCc2ccc(OC)cc2)C[C@@H]1c1nnc2cnc3c(n12)CCN3. The van der Waals surface area contributed by atoms with Crippen molar-refractivity contribution in [3.05, 3.63) is 47.5 Å². The molecule has 1 aliphatic heterocycles. The highest BCUT2D eigenvalue weighted by molar-refractivity contribution is 5.52. The first kappa shape index (κ1) is 18.4. The summed E-state index contributed by atoms with van der Waals surface area (Å²) in [6.07, 6.45) is 6.20. The zero-order valence-electron chi connectivity index (χ0n) is 17.0. The minimum Gasteiger partial charge on any atom is -0.497 e. The molecule has 1 fully saturated rings. The summed E-state index contributed by atoms with van der Waals surface area (Å²) in [6, 6.07) is 8.10. The number of hydrogen-bond donors (Lipinski definition) is 1. The monoisotopic (exact) mass is 393 g/mol. The fourth-order valence-corrected chi connectivity index (χ4v) is 4.80. The van der Waals surface area contributed by atoms with Gasteiger partial charge in [-0.2, -0.15) is 0 Å². The predicted octanol–water partition coefficient (Wildman–Crippen LogP) is 3.59. The van der Waals surface area contributed by atoms with E-state index in [4.69, 9.17) is 9.47 Å². The maximum atomic E-state index is 6.30. The molecule has 7 heteroatoms. The van der Waals surface area contributed by atoms with Gasteiger partial charge in [0.1, 0.15) is 17.4 Å². The van der Waals surface area contributed by atoms with Crippen molar-refractivity contribution in [2.75, 3.05) is 19.0 Å². The van der Waals surface area contributed by atoms with E-state index in [9.17, 15) is 0 Å². The molecule has 0 radical (unpaired) electrons. The molecule has 1 aromatic carbocycles. The summed E-state index contributed by atoms with van der Waals surface area (Å²) in [5.74, 6) is 3.84. The van der Waals surface area contributed by atoms with E-state index in [1.54, 1.807) is 7.11 Å². The van der Waals surface area contributed by atoms with Crippen molar-refractivity contribution < 1.29 is 9.47 Å². The largest absolute Gasteiger partial charge is 0.497 e. The smallest absolute Gasteiger partial charge is 0.179 e. The first-order valence-corrected chi connectivity index (χ1v) is 10.5. The fraction of sp³-hybridized carbons (Fsp3) is 0.500. The number of ether oxygens (including phenoxy) is 2. The van der Waals surface area contributed by atoms with E-state index in [2.05, 4.69) is 44.0 Å². The van der Waals surface area contributed by atoms with Gasteiger partial charge in [-0.3, -0.25) is 4.40 Å². The molecular formula is C22H27N5O2. The maximum Gasteiger partial charge on any atom is 0.179 e. The summed E-state index contributed by atoms with van der Waals surface area (Å²) in [4.78, 5) is 4.49. The van der Waals surface area contributed by atoms with Crippen molar-refractivity contribution in [2.24, 2.45) is 5.92 Å². The third kappa shape index (κ3) is 3.33. The summed E-state index contributed by atoms with van der Waals surface area (Å²) in [5.41, 5.74) is 3.23. The van der Waals surface area contributed by atoms with Gasteiger partial charge in [0, 0.05) is 18.9 Å². The van der Waals surface area contributed by atoms with Gasteiger partial charge in [-0.1, -0.05) is 25.5 Å². The van der Waals surface area contributed by atoms with Crippen molar-refractivity contribution in [3.8, 4) is 5.75 Å². The standard InChI is InChI=1S/C22H27N5O2/c1-3-15-10-17(29-13-14-4-6-16(28-2)7-5-14)11-18(15)22-26-25-20-12-24-21-19(27(20)22)8-9-23-21/h4-7,12,15,17-18,23H,3,8-11,13H2,1-2H3/t15-,17+,18-/m0/s1. The topological polar surface area (TPSA) is 73.6 Å². The van der Waals surface area contributed by atoms with Gasteiger partial charge >= 0.3 is 0 Å². The second kappa shape index (κ2) is 7.63. The number of nitrogens with zero attached hydrogens (tertiary/aromatic N) is 4. The lowest BCUT2D eigenvalue weighted by molar-refractivity contribution is 0.0422. The molecule has 0 bridgehead atoms. The van der Waals surface area contributed by atoms with Crippen molar-refractivity contribution in [2.45, 2.75) is 51.2 Å². The van der Waals surface area contributed by atoms with Crippen LogP contribution in [0.2, 0.25) is 0 Å². The minimum absolute atomic E-state index is 0.243. The lowest BCUT2D eigenvalue weighted by Gasteiger charge is -2.16. The van der Waals surface area contributed by atoms with E-state index < -0.39 is 0 Å². The van der Waals surface area contributed by atoms with E-state index in [-0.39, 0.29) is 6.10 Å².